The van der Waals surface area contributed by atoms with Crippen molar-refractivity contribution in [1.29, 1.82) is 0 Å². The summed E-state index contributed by atoms with van der Waals surface area (Å²) in [5.41, 5.74) is 0.803. The summed E-state index contributed by atoms with van der Waals surface area (Å²) in [6, 6.07) is 3.38. The summed E-state index contributed by atoms with van der Waals surface area (Å²) in [4.78, 5) is 20.0. The topological polar surface area (TPSA) is 96.8 Å². The monoisotopic (exact) mass is 347 g/mol. The van der Waals surface area contributed by atoms with Gasteiger partial charge in [0.1, 0.15) is 5.82 Å². The first-order valence-electron chi connectivity index (χ1n) is 7.34. The zero-order valence-corrected chi connectivity index (χ0v) is 13.5. The Bertz CT molecular complexity index is 941. The van der Waals surface area contributed by atoms with Gasteiger partial charge in [-0.1, -0.05) is 0 Å². The lowest BCUT2D eigenvalue weighted by atomic mass is 10.3. The summed E-state index contributed by atoms with van der Waals surface area (Å²) >= 11 is 0. The van der Waals surface area contributed by atoms with Crippen molar-refractivity contribution >= 4 is 34.4 Å². The van der Waals surface area contributed by atoms with Crippen molar-refractivity contribution in [2.24, 2.45) is 7.05 Å². The molecule has 130 valence electrons. The number of fused-ring (bicyclic) bond motifs is 1. The van der Waals surface area contributed by atoms with E-state index < -0.39 is 11.6 Å². The van der Waals surface area contributed by atoms with Crippen LogP contribution in [0, 0.1) is 11.6 Å². The van der Waals surface area contributed by atoms with E-state index >= 15 is 0 Å². The number of aromatic nitrogens is 4. The van der Waals surface area contributed by atoms with Crippen molar-refractivity contribution in [1.82, 2.24) is 25.1 Å². The number of carbonyl (C=O) groups excluding carboxylic acids is 1. The van der Waals surface area contributed by atoms with E-state index in [9.17, 15) is 13.6 Å². The van der Waals surface area contributed by atoms with Gasteiger partial charge in [-0.25, -0.2) is 8.78 Å². The average molecular weight is 347 g/mol. The van der Waals surface area contributed by atoms with E-state index in [0.29, 0.717) is 16.9 Å². The third kappa shape index (κ3) is 3.47. The van der Waals surface area contributed by atoms with Gasteiger partial charge in [0.15, 0.2) is 17.3 Å². The first kappa shape index (κ1) is 16.6. The molecule has 1 aromatic carbocycles. The Morgan fingerprint density at radius 3 is 2.76 bits per heavy atom. The normalized spacial score (nSPS) is 10.7. The van der Waals surface area contributed by atoms with Gasteiger partial charge in [0.25, 0.3) is 0 Å². The number of aryl methyl sites for hydroxylation is 1. The van der Waals surface area contributed by atoms with E-state index in [1.54, 1.807) is 17.9 Å². The first-order valence-corrected chi connectivity index (χ1v) is 7.34. The van der Waals surface area contributed by atoms with Crippen LogP contribution in [-0.4, -0.2) is 39.2 Å². The molecule has 0 atom stereocenters. The lowest BCUT2D eigenvalue weighted by molar-refractivity contribution is -0.118. The fraction of sp³-hybridized carbons (Fsp3) is 0.200. The second-order valence-corrected chi connectivity index (χ2v) is 5.18. The molecule has 0 saturated carbocycles. The molecule has 3 rings (SSSR count). The highest BCUT2D eigenvalue weighted by atomic mass is 19.2. The third-order valence-corrected chi connectivity index (χ3v) is 3.46. The van der Waals surface area contributed by atoms with E-state index in [-0.39, 0.29) is 24.1 Å². The van der Waals surface area contributed by atoms with Crippen molar-refractivity contribution < 1.29 is 13.6 Å². The van der Waals surface area contributed by atoms with Crippen LogP contribution >= 0.6 is 0 Å². The molecule has 0 fully saturated rings. The number of hydrogen-bond donors (Lipinski definition) is 3. The fourth-order valence-corrected chi connectivity index (χ4v) is 2.17. The van der Waals surface area contributed by atoms with E-state index in [2.05, 4.69) is 31.0 Å². The zero-order chi connectivity index (χ0) is 18.0. The van der Waals surface area contributed by atoms with Crippen LogP contribution in [0.5, 0.6) is 0 Å². The van der Waals surface area contributed by atoms with Crippen molar-refractivity contribution in [2.45, 2.75) is 0 Å². The van der Waals surface area contributed by atoms with Crippen LogP contribution in [0.1, 0.15) is 0 Å². The van der Waals surface area contributed by atoms with Crippen LogP contribution in [0.25, 0.3) is 11.0 Å². The van der Waals surface area contributed by atoms with E-state index in [4.69, 9.17) is 0 Å². The lowest BCUT2D eigenvalue weighted by Gasteiger charge is -2.10. The molecule has 0 aliphatic carbocycles. The fourth-order valence-electron chi connectivity index (χ4n) is 2.17. The van der Waals surface area contributed by atoms with Gasteiger partial charge in [0.2, 0.25) is 11.9 Å². The Balaban J connectivity index is 1.95. The van der Waals surface area contributed by atoms with Crippen molar-refractivity contribution in [2.75, 3.05) is 24.2 Å². The van der Waals surface area contributed by atoms with E-state index in [0.717, 1.165) is 12.1 Å². The molecule has 3 N–H and O–H groups in total. The molecule has 1 amide bonds. The summed E-state index contributed by atoms with van der Waals surface area (Å²) in [7, 11) is 3.24. The molecule has 0 radical (unpaired) electrons. The predicted molar refractivity (Wildman–Crippen MR) is 88.5 cm³/mol. The summed E-state index contributed by atoms with van der Waals surface area (Å²) in [5.74, 6) is -1.59. The highest BCUT2D eigenvalue weighted by Gasteiger charge is 2.13. The Labute approximate surface area is 141 Å². The van der Waals surface area contributed by atoms with E-state index in [1.807, 2.05) is 0 Å². The van der Waals surface area contributed by atoms with Crippen LogP contribution < -0.4 is 16.0 Å². The van der Waals surface area contributed by atoms with Gasteiger partial charge in [-0.05, 0) is 12.1 Å². The highest BCUT2D eigenvalue weighted by Crippen LogP contribution is 2.23. The molecule has 8 nitrogen and oxygen atoms in total. The maximum atomic E-state index is 13.4. The number of carbonyl (C=O) groups is 1. The Morgan fingerprint density at radius 2 is 2.04 bits per heavy atom. The van der Waals surface area contributed by atoms with Gasteiger partial charge in [-0.2, -0.15) is 15.1 Å². The third-order valence-electron chi connectivity index (χ3n) is 3.46. The maximum Gasteiger partial charge on any atom is 0.239 e. The number of nitrogens with zero attached hydrogens (tertiary/aromatic N) is 4. The molecule has 10 heteroatoms. The Kier molecular flexibility index (Phi) is 4.42. The average Bonchev–Trinajstić information content (AvgIpc) is 2.97. The molecule has 0 saturated heterocycles. The van der Waals surface area contributed by atoms with Gasteiger partial charge in [0.05, 0.1) is 18.1 Å². The van der Waals surface area contributed by atoms with E-state index in [1.165, 1.54) is 13.1 Å². The predicted octanol–water partition coefficient (Wildman–Crippen LogP) is 1.54. The van der Waals surface area contributed by atoms with Gasteiger partial charge < -0.3 is 16.0 Å². The van der Waals surface area contributed by atoms with Gasteiger partial charge in [0, 0.05) is 25.8 Å². The standard InChI is InChI=1S/C15H15F2N7O/c1-18-12(25)7-19-13-9-6-20-24(2)14(9)23-15(22-13)21-8-3-4-10(16)11(17)5-8/h3-6H,7H2,1-2H3,(H,18,25)(H2,19,21,22,23). The molecule has 0 bridgehead atoms. The number of hydrogen-bond acceptors (Lipinski definition) is 6. The van der Waals surface area contributed by atoms with Gasteiger partial charge >= 0.3 is 0 Å². The molecular weight excluding hydrogens is 332 g/mol. The number of halogens is 2. The maximum absolute atomic E-state index is 13.4. The molecular formula is C15H15F2N7O. The van der Waals surface area contributed by atoms with Crippen LogP contribution in [0.4, 0.5) is 26.2 Å². The lowest BCUT2D eigenvalue weighted by Crippen LogP contribution is -2.26. The summed E-state index contributed by atoms with van der Waals surface area (Å²) in [5, 5.41) is 13.0. The summed E-state index contributed by atoms with van der Waals surface area (Å²) in [6.07, 6.45) is 1.57. The molecule has 0 aliphatic heterocycles. The smallest absolute Gasteiger partial charge is 0.239 e. The molecule has 3 aromatic rings. The molecule has 0 unspecified atom stereocenters. The van der Waals surface area contributed by atoms with Crippen molar-refractivity contribution in [3.8, 4) is 0 Å². The van der Waals surface area contributed by atoms with Crippen LogP contribution in [0.2, 0.25) is 0 Å². The second-order valence-electron chi connectivity index (χ2n) is 5.18. The minimum atomic E-state index is -0.982. The van der Waals surface area contributed by atoms with Crippen LogP contribution in [0.15, 0.2) is 24.4 Å². The summed E-state index contributed by atoms with van der Waals surface area (Å²) in [6.45, 7) is 0.0160. The van der Waals surface area contributed by atoms with Crippen LogP contribution in [0.3, 0.4) is 0 Å². The number of rotatable bonds is 5. The largest absolute Gasteiger partial charge is 0.360 e. The van der Waals surface area contributed by atoms with Gasteiger partial charge in [-0.15, -0.1) is 0 Å². The molecule has 2 aromatic heterocycles. The SMILES string of the molecule is CNC(=O)CNc1nc(Nc2ccc(F)c(F)c2)nc2c1cnn2C. The summed E-state index contributed by atoms with van der Waals surface area (Å²) < 4.78 is 27.9. The van der Waals surface area contributed by atoms with Crippen LogP contribution in [-0.2, 0) is 11.8 Å². The molecule has 2 heterocycles. The quantitative estimate of drug-likeness (QED) is 0.648. The molecule has 0 spiro atoms. The Morgan fingerprint density at radius 1 is 1.24 bits per heavy atom. The number of anilines is 3. The number of likely N-dealkylation sites (N-methyl/N-ethyl adjacent to an activating group) is 1. The molecule has 0 aliphatic rings. The van der Waals surface area contributed by atoms with Gasteiger partial charge in [-0.3, -0.25) is 9.48 Å². The number of benzene rings is 1. The molecule has 25 heavy (non-hydrogen) atoms. The van der Waals surface area contributed by atoms with Crippen molar-refractivity contribution in [3.63, 3.8) is 0 Å². The minimum absolute atomic E-state index is 0.0160. The Hall–Kier alpha value is -3.30. The number of amides is 1. The number of nitrogens with one attached hydrogen (secondary N) is 3. The first-order chi connectivity index (χ1) is 12.0. The van der Waals surface area contributed by atoms with Crippen molar-refractivity contribution in [3.05, 3.63) is 36.0 Å². The zero-order valence-electron chi connectivity index (χ0n) is 13.5. The second kappa shape index (κ2) is 6.67. The highest BCUT2D eigenvalue weighted by molar-refractivity contribution is 5.90. The minimum Gasteiger partial charge on any atom is -0.360 e.